The molecule has 1 saturated heterocycles. The lowest BCUT2D eigenvalue weighted by Crippen LogP contribution is -2.42. The lowest BCUT2D eigenvalue weighted by molar-refractivity contribution is 0.0949. The van der Waals surface area contributed by atoms with Gasteiger partial charge in [0.2, 0.25) is 0 Å². The Balaban J connectivity index is 1.47. The lowest BCUT2D eigenvalue weighted by atomic mass is 9.97. The monoisotopic (exact) mass is 341 g/mol. The molecule has 4 rings (SSSR count). The highest BCUT2D eigenvalue weighted by Crippen LogP contribution is 2.33. The summed E-state index contributed by atoms with van der Waals surface area (Å²) in [6, 6.07) is 11.1. The Labute approximate surface area is 146 Å². The molecule has 5 heteroatoms. The summed E-state index contributed by atoms with van der Waals surface area (Å²) in [5.74, 6) is 0.671. The first-order valence-corrected chi connectivity index (χ1v) is 9.55. The van der Waals surface area contributed by atoms with Crippen molar-refractivity contribution >= 4 is 17.2 Å². The smallest absolute Gasteiger partial charge is 0.252 e. The quantitative estimate of drug-likeness (QED) is 0.801. The highest BCUT2D eigenvalue weighted by atomic mass is 32.1. The molecule has 2 fully saturated rings. The van der Waals surface area contributed by atoms with Gasteiger partial charge in [0.05, 0.1) is 5.56 Å². The van der Waals surface area contributed by atoms with E-state index in [0.717, 1.165) is 16.7 Å². The third-order valence-corrected chi connectivity index (χ3v) is 6.22. The van der Waals surface area contributed by atoms with Crippen LogP contribution in [-0.4, -0.2) is 24.5 Å². The number of aryl methyl sites for hydroxylation is 1. The fourth-order valence-electron chi connectivity index (χ4n) is 4.06. The number of thiophene rings is 1. The Kier molecular flexibility index (Phi) is 4.39. The van der Waals surface area contributed by atoms with Crippen LogP contribution in [0.1, 0.15) is 34.5 Å². The van der Waals surface area contributed by atoms with Gasteiger partial charge in [-0.25, -0.2) is 0 Å². The summed E-state index contributed by atoms with van der Waals surface area (Å²) < 4.78 is 0. The molecule has 126 valence electrons. The van der Waals surface area contributed by atoms with E-state index in [-0.39, 0.29) is 5.91 Å². The summed E-state index contributed by atoms with van der Waals surface area (Å²) in [7, 11) is 0. The van der Waals surface area contributed by atoms with Crippen LogP contribution in [0.25, 0.3) is 11.1 Å². The van der Waals surface area contributed by atoms with Gasteiger partial charge >= 0.3 is 0 Å². The van der Waals surface area contributed by atoms with Crippen molar-refractivity contribution in [1.29, 1.82) is 0 Å². The molecule has 2 heterocycles. The van der Waals surface area contributed by atoms with Crippen LogP contribution in [0.3, 0.4) is 0 Å². The molecular weight excluding hydrogens is 318 g/mol. The van der Waals surface area contributed by atoms with Crippen LogP contribution in [0.2, 0.25) is 0 Å². The van der Waals surface area contributed by atoms with Crippen molar-refractivity contribution in [2.24, 2.45) is 5.92 Å². The first kappa shape index (κ1) is 15.8. The second kappa shape index (κ2) is 6.67. The summed E-state index contributed by atoms with van der Waals surface area (Å²) >= 11 is 1.64. The maximum Gasteiger partial charge on any atom is 0.252 e. The molecule has 3 unspecified atom stereocenters. The van der Waals surface area contributed by atoms with E-state index in [1.165, 1.54) is 24.1 Å². The van der Waals surface area contributed by atoms with Crippen molar-refractivity contribution in [3.8, 4) is 11.1 Å². The van der Waals surface area contributed by atoms with Gasteiger partial charge in [0.1, 0.15) is 0 Å². The third-order valence-electron chi connectivity index (χ3n) is 5.30. The van der Waals surface area contributed by atoms with Gasteiger partial charge in [0.15, 0.2) is 0 Å². The summed E-state index contributed by atoms with van der Waals surface area (Å²) in [4.78, 5) is 13.9. The average molecular weight is 341 g/mol. The molecule has 1 aromatic carbocycles. The van der Waals surface area contributed by atoms with Gasteiger partial charge < -0.3 is 5.32 Å². The zero-order valence-corrected chi connectivity index (χ0v) is 14.7. The number of hydrogen-bond donors (Lipinski definition) is 3. The van der Waals surface area contributed by atoms with Crippen LogP contribution in [0.5, 0.6) is 0 Å². The molecule has 4 nitrogen and oxygen atoms in total. The molecule has 1 aliphatic carbocycles. The third kappa shape index (κ3) is 2.88. The number of carbonyl (C=O) groups excluding carboxylic acids is 1. The molecule has 0 radical (unpaired) electrons. The number of hydrogen-bond acceptors (Lipinski definition) is 4. The van der Waals surface area contributed by atoms with Crippen molar-refractivity contribution in [2.45, 2.75) is 38.3 Å². The van der Waals surface area contributed by atoms with Crippen molar-refractivity contribution in [2.75, 3.05) is 6.54 Å². The Morgan fingerprint density at radius 2 is 2.08 bits per heavy atom. The molecule has 2 aromatic rings. The molecule has 0 spiro atoms. The molecule has 1 aromatic heterocycles. The van der Waals surface area contributed by atoms with Crippen LogP contribution in [-0.2, 0) is 0 Å². The van der Waals surface area contributed by atoms with Crippen molar-refractivity contribution < 1.29 is 4.79 Å². The average Bonchev–Trinajstić information content (AvgIpc) is 3.29. The summed E-state index contributed by atoms with van der Waals surface area (Å²) in [6.45, 7) is 2.76. The topological polar surface area (TPSA) is 53.2 Å². The number of amides is 1. The normalized spacial score (nSPS) is 25.6. The van der Waals surface area contributed by atoms with E-state index in [1.807, 2.05) is 23.6 Å². The Morgan fingerprint density at radius 3 is 2.92 bits per heavy atom. The Bertz CT molecular complexity index is 727. The van der Waals surface area contributed by atoms with Gasteiger partial charge in [0.25, 0.3) is 5.91 Å². The lowest BCUT2D eigenvalue weighted by Gasteiger charge is -2.17. The molecule has 3 N–H and O–H groups in total. The van der Waals surface area contributed by atoms with Gasteiger partial charge in [0, 0.05) is 34.4 Å². The first-order chi connectivity index (χ1) is 11.7. The number of nitrogens with one attached hydrogen (secondary N) is 3. The fraction of sp³-hybridized carbons (Fsp3) is 0.421. The van der Waals surface area contributed by atoms with Gasteiger partial charge in [-0.05, 0) is 31.2 Å². The van der Waals surface area contributed by atoms with Crippen molar-refractivity contribution in [1.82, 2.24) is 16.2 Å². The minimum atomic E-state index is 0.0291. The van der Waals surface area contributed by atoms with E-state index in [9.17, 15) is 4.79 Å². The van der Waals surface area contributed by atoms with Crippen LogP contribution in [0.4, 0.5) is 0 Å². The molecular formula is C19H23N3OS. The summed E-state index contributed by atoms with van der Waals surface area (Å²) in [6.07, 6.45) is 3.78. The van der Waals surface area contributed by atoms with E-state index in [0.29, 0.717) is 24.5 Å². The fourth-order valence-corrected chi connectivity index (χ4v) is 4.92. The molecule has 1 aliphatic heterocycles. The van der Waals surface area contributed by atoms with Gasteiger partial charge in [-0.15, -0.1) is 11.3 Å². The second-order valence-electron chi connectivity index (χ2n) is 6.75. The van der Waals surface area contributed by atoms with E-state index in [2.05, 4.69) is 35.2 Å². The molecule has 1 saturated carbocycles. The maximum atomic E-state index is 12.7. The molecule has 24 heavy (non-hydrogen) atoms. The highest BCUT2D eigenvalue weighted by Gasteiger charge is 2.38. The SMILES string of the molecule is Cc1scc(C(=O)NCC2NNC3CCCC32)c1-c1ccccc1. The van der Waals surface area contributed by atoms with Gasteiger partial charge in [-0.2, -0.15) is 0 Å². The maximum absolute atomic E-state index is 12.7. The van der Waals surface area contributed by atoms with E-state index in [1.54, 1.807) is 11.3 Å². The zero-order chi connectivity index (χ0) is 16.5. The van der Waals surface area contributed by atoms with Gasteiger partial charge in [-0.3, -0.25) is 15.6 Å². The van der Waals surface area contributed by atoms with Crippen LogP contribution in [0.15, 0.2) is 35.7 Å². The van der Waals surface area contributed by atoms with Crippen LogP contribution < -0.4 is 16.2 Å². The number of fused-ring (bicyclic) bond motifs is 1. The summed E-state index contributed by atoms with van der Waals surface area (Å²) in [5, 5.41) is 5.12. The van der Waals surface area contributed by atoms with Gasteiger partial charge in [-0.1, -0.05) is 36.8 Å². The molecule has 3 atom stereocenters. The second-order valence-corrected chi connectivity index (χ2v) is 7.84. The summed E-state index contributed by atoms with van der Waals surface area (Å²) in [5.41, 5.74) is 9.69. The molecule has 0 bridgehead atoms. The Hall–Kier alpha value is -1.69. The predicted octanol–water partition coefficient (Wildman–Crippen LogP) is 3.10. The first-order valence-electron chi connectivity index (χ1n) is 8.67. The van der Waals surface area contributed by atoms with E-state index < -0.39 is 0 Å². The zero-order valence-electron chi connectivity index (χ0n) is 13.8. The molecule has 1 amide bonds. The minimum absolute atomic E-state index is 0.0291. The molecule has 2 aliphatic rings. The number of carbonyl (C=O) groups is 1. The predicted molar refractivity (Wildman–Crippen MR) is 98.0 cm³/mol. The number of hydrazine groups is 1. The van der Waals surface area contributed by atoms with Crippen molar-refractivity contribution in [3.63, 3.8) is 0 Å². The van der Waals surface area contributed by atoms with E-state index in [4.69, 9.17) is 0 Å². The van der Waals surface area contributed by atoms with Crippen LogP contribution >= 0.6 is 11.3 Å². The number of benzene rings is 1. The van der Waals surface area contributed by atoms with Crippen molar-refractivity contribution in [3.05, 3.63) is 46.2 Å². The van der Waals surface area contributed by atoms with Crippen LogP contribution in [0, 0.1) is 12.8 Å². The minimum Gasteiger partial charge on any atom is -0.350 e. The standard InChI is InChI=1S/C19H23N3OS/c1-12-18(13-6-3-2-4-7-13)15(11-24-12)19(23)20-10-17-14-8-5-9-16(14)21-22-17/h2-4,6-7,11,14,16-17,21-22H,5,8-10H2,1H3,(H,20,23). The number of rotatable bonds is 4. The largest absolute Gasteiger partial charge is 0.350 e. The van der Waals surface area contributed by atoms with E-state index >= 15 is 0 Å². The Morgan fingerprint density at radius 1 is 1.25 bits per heavy atom. The highest BCUT2D eigenvalue weighted by molar-refractivity contribution is 7.10.